The van der Waals surface area contributed by atoms with Crippen molar-refractivity contribution < 1.29 is 54.1 Å². The summed E-state index contributed by atoms with van der Waals surface area (Å²) in [5.41, 5.74) is -2.51. The first-order valence-electron chi connectivity index (χ1n) is 9.07. The Labute approximate surface area is 183 Å². The van der Waals surface area contributed by atoms with Gasteiger partial charge in [-0.05, 0) is 22.9 Å². The predicted molar refractivity (Wildman–Crippen MR) is 102 cm³/mol. The van der Waals surface area contributed by atoms with Gasteiger partial charge in [-0.15, -0.1) is 0 Å². The SMILES string of the molecule is Nc1c(C(O)(CF)C(F)(F)F)ccc2cc3c(N)c(C(O)(C(F)(F)F)C(F)(F)F)ccc3cc12. The zero-order valence-electron chi connectivity index (χ0n) is 16.5. The van der Waals surface area contributed by atoms with Crippen molar-refractivity contribution >= 4 is 32.9 Å². The van der Waals surface area contributed by atoms with Gasteiger partial charge in [-0.2, -0.15) is 39.5 Å². The lowest BCUT2D eigenvalue weighted by Crippen LogP contribution is -2.54. The van der Waals surface area contributed by atoms with Crippen LogP contribution in [0.25, 0.3) is 21.5 Å². The average Bonchev–Trinajstić information content (AvgIpc) is 2.70. The van der Waals surface area contributed by atoms with Crippen molar-refractivity contribution in [1.29, 1.82) is 0 Å². The van der Waals surface area contributed by atoms with Crippen LogP contribution in [0.5, 0.6) is 0 Å². The molecular weight excluding hydrogens is 490 g/mol. The van der Waals surface area contributed by atoms with E-state index in [4.69, 9.17) is 11.5 Å². The van der Waals surface area contributed by atoms with Gasteiger partial charge in [0.2, 0.25) is 5.60 Å². The Kier molecular flexibility index (Phi) is 5.65. The van der Waals surface area contributed by atoms with Crippen molar-refractivity contribution in [2.24, 2.45) is 0 Å². The van der Waals surface area contributed by atoms with Gasteiger partial charge in [0.15, 0.2) is 0 Å². The monoisotopic (exact) mass is 504 g/mol. The molecule has 1 unspecified atom stereocenters. The Hall–Kier alpha value is -3.00. The van der Waals surface area contributed by atoms with Gasteiger partial charge >= 0.3 is 18.5 Å². The van der Waals surface area contributed by atoms with E-state index in [1.165, 1.54) is 0 Å². The van der Waals surface area contributed by atoms with Gasteiger partial charge in [0.1, 0.15) is 6.67 Å². The minimum atomic E-state index is -6.20. The van der Waals surface area contributed by atoms with Crippen LogP contribution in [-0.4, -0.2) is 35.4 Å². The third kappa shape index (κ3) is 3.47. The molecule has 0 radical (unpaired) electrons. The number of anilines is 2. The van der Waals surface area contributed by atoms with Crippen molar-refractivity contribution in [1.82, 2.24) is 0 Å². The molecule has 0 fully saturated rings. The van der Waals surface area contributed by atoms with E-state index < -0.39 is 64.3 Å². The Morgan fingerprint density at radius 2 is 1.00 bits per heavy atom. The van der Waals surface area contributed by atoms with E-state index in [9.17, 15) is 54.1 Å². The van der Waals surface area contributed by atoms with Gasteiger partial charge in [0, 0.05) is 33.3 Å². The first kappa shape index (κ1) is 25.6. The molecule has 0 aliphatic rings. The van der Waals surface area contributed by atoms with E-state index in [1.54, 1.807) is 0 Å². The standard InChI is InChI=1S/C20H14F10N2O2/c21-7-16(33,18(22,23)24)12-3-1-8-6-11-9(5-10(8)14(12)31)2-4-13(15(11)32)17(34,19(25,26)27)20(28,29)30/h1-6,33-34H,7,31-32H2. The van der Waals surface area contributed by atoms with E-state index in [0.717, 1.165) is 24.3 Å². The lowest BCUT2D eigenvalue weighted by Gasteiger charge is -2.33. The average molecular weight is 504 g/mol. The van der Waals surface area contributed by atoms with E-state index >= 15 is 0 Å². The first-order valence-corrected chi connectivity index (χ1v) is 9.07. The van der Waals surface area contributed by atoms with Crippen LogP contribution >= 0.6 is 0 Å². The van der Waals surface area contributed by atoms with Gasteiger partial charge < -0.3 is 21.7 Å². The quantitative estimate of drug-likeness (QED) is 0.225. The molecule has 0 aliphatic carbocycles. The fourth-order valence-corrected chi connectivity index (χ4v) is 3.63. The molecular formula is C20H14F10N2O2. The van der Waals surface area contributed by atoms with E-state index in [1.807, 2.05) is 0 Å². The van der Waals surface area contributed by atoms with Crippen molar-refractivity contribution in [3.8, 4) is 0 Å². The van der Waals surface area contributed by atoms with Crippen LogP contribution in [0.3, 0.4) is 0 Å². The Balaban J connectivity index is 2.34. The topological polar surface area (TPSA) is 92.5 Å². The first-order chi connectivity index (χ1) is 15.3. The molecule has 0 saturated heterocycles. The number of hydrogen-bond donors (Lipinski definition) is 4. The van der Waals surface area contributed by atoms with Gasteiger partial charge in [0.05, 0.1) is 0 Å². The van der Waals surface area contributed by atoms with Crippen LogP contribution in [0.2, 0.25) is 0 Å². The summed E-state index contributed by atoms with van der Waals surface area (Å²) in [6.45, 7) is -2.27. The van der Waals surface area contributed by atoms with Gasteiger partial charge in [-0.3, -0.25) is 0 Å². The van der Waals surface area contributed by atoms with Crippen molar-refractivity contribution in [2.45, 2.75) is 29.7 Å². The maximum atomic E-state index is 13.3. The third-order valence-corrected chi connectivity index (χ3v) is 5.56. The molecule has 34 heavy (non-hydrogen) atoms. The van der Waals surface area contributed by atoms with E-state index in [0.29, 0.717) is 6.07 Å². The zero-order chi connectivity index (χ0) is 26.1. The highest BCUT2D eigenvalue weighted by atomic mass is 19.4. The second-order valence-electron chi connectivity index (χ2n) is 7.55. The molecule has 186 valence electrons. The van der Waals surface area contributed by atoms with Crippen LogP contribution in [0.15, 0.2) is 36.4 Å². The minimum absolute atomic E-state index is 0.0939. The summed E-state index contributed by atoms with van der Waals surface area (Å²) in [5, 5.41) is 18.7. The van der Waals surface area contributed by atoms with Crippen molar-refractivity contribution in [3.63, 3.8) is 0 Å². The normalized spacial score (nSPS) is 15.6. The number of benzene rings is 3. The number of halogens is 10. The second kappa shape index (κ2) is 7.50. The van der Waals surface area contributed by atoms with Crippen LogP contribution in [0.1, 0.15) is 11.1 Å². The van der Waals surface area contributed by atoms with Crippen molar-refractivity contribution in [2.75, 3.05) is 18.1 Å². The maximum Gasteiger partial charge on any atom is 0.430 e. The molecule has 0 amide bonds. The molecule has 0 bridgehead atoms. The molecule has 3 aromatic carbocycles. The maximum absolute atomic E-state index is 13.3. The van der Waals surface area contributed by atoms with Crippen molar-refractivity contribution in [3.05, 3.63) is 47.5 Å². The summed E-state index contributed by atoms with van der Waals surface area (Å²) >= 11 is 0. The van der Waals surface area contributed by atoms with E-state index in [-0.39, 0.29) is 22.2 Å². The lowest BCUT2D eigenvalue weighted by molar-refractivity contribution is -0.375. The lowest BCUT2D eigenvalue weighted by atomic mass is 9.86. The van der Waals surface area contributed by atoms with E-state index in [2.05, 4.69) is 0 Å². The number of aliphatic hydroxyl groups is 2. The predicted octanol–water partition coefficient (Wildman–Crippen LogP) is 5.19. The third-order valence-electron chi connectivity index (χ3n) is 5.56. The molecule has 14 heteroatoms. The summed E-state index contributed by atoms with van der Waals surface area (Å²) in [6.07, 6.45) is -17.9. The fraction of sp³-hybridized carbons (Fsp3) is 0.300. The molecule has 0 aliphatic heterocycles. The van der Waals surface area contributed by atoms with Crippen LogP contribution in [0, 0.1) is 0 Å². The second-order valence-corrected chi connectivity index (χ2v) is 7.55. The summed E-state index contributed by atoms with van der Waals surface area (Å²) in [4.78, 5) is 0. The highest BCUT2D eigenvalue weighted by molar-refractivity contribution is 6.08. The molecule has 0 saturated carbocycles. The Bertz CT molecular complexity index is 1250. The fourth-order valence-electron chi connectivity index (χ4n) is 3.63. The number of rotatable bonds is 3. The molecule has 0 aromatic heterocycles. The number of nitrogen functional groups attached to an aromatic ring is 2. The Morgan fingerprint density at radius 3 is 1.35 bits per heavy atom. The van der Waals surface area contributed by atoms with Gasteiger partial charge in [-0.25, -0.2) is 4.39 Å². The molecule has 3 rings (SSSR count). The van der Waals surface area contributed by atoms with Gasteiger partial charge in [-0.1, -0.05) is 24.3 Å². The van der Waals surface area contributed by atoms with Crippen LogP contribution in [0.4, 0.5) is 55.3 Å². The highest BCUT2D eigenvalue weighted by Crippen LogP contribution is 2.53. The molecule has 4 nitrogen and oxygen atoms in total. The van der Waals surface area contributed by atoms with Gasteiger partial charge in [0.25, 0.3) is 5.60 Å². The molecule has 6 N–H and O–H groups in total. The number of hydrogen-bond acceptors (Lipinski definition) is 4. The van der Waals surface area contributed by atoms with Crippen LogP contribution < -0.4 is 11.5 Å². The number of alkyl halides is 10. The zero-order valence-corrected chi connectivity index (χ0v) is 16.5. The smallest absolute Gasteiger partial charge is 0.398 e. The molecule has 3 aromatic rings. The highest BCUT2D eigenvalue weighted by Gasteiger charge is 2.72. The summed E-state index contributed by atoms with van der Waals surface area (Å²) < 4.78 is 133. The summed E-state index contributed by atoms with van der Waals surface area (Å²) in [7, 11) is 0. The Morgan fingerprint density at radius 1 is 0.618 bits per heavy atom. The molecule has 0 spiro atoms. The van der Waals surface area contributed by atoms with Crippen LogP contribution in [-0.2, 0) is 11.2 Å². The summed E-state index contributed by atoms with van der Waals surface area (Å²) in [6, 6.07) is 4.47. The largest absolute Gasteiger partial charge is 0.430 e. The minimum Gasteiger partial charge on any atom is -0.398 e. The number of fused-ring (bicyclic) bond motifs is 2. The molecule has 0 heterocycles. The molecule has 1 atom stereocenters. The number of nitrogens with two attached hydrogens (primary N) is 2. The summed E-state index contributed by atoms with van der Waals surface area (Å²) in [5.74, 6) is 0.